The van der Waals surface area contributed by atoms with Crippen molar-refractivity contribution in [2.45, 2.75) is 40.2 Å². The summed E-state index contributed by atoms with van der Waals surface area (Å²) >= 11 is 1.83. The van der Waals surface area contributed by atoms with E-state index in [1.54, 1.807) is 0 Å². The van der Waals surface area contributed by atoms with Gasteiger partial charge in [0.1, 0.15) is 0 Å². The maximum absolute atomic E-state index is 6.37. The summed E-state index contributed by atoms with van der Waals surface area (Å²) < 4.78 is 0. The first-order valence-electron chi connectivity index (χ1n) is 6.36. The Bertz CT molecular complexity index is 554. The van der Waals surface area contributed by atoms with Crippen LogP contribution in [-0.4, -0.2) is 0 Å². The Kier molecular flexibility index (Phi) is 3.88. The van der Waals surface area contributed by atoms with Crippen LogP contribution in [0.4, 0.5) is 0 Å². The lowest BCUT2D eigenvalue weighted by Gasteiger charge is -2.14. The molecule has 0 aliphatic rings. The highest BCUT2D eigenvalue weighted by Gasteiger charge is 2.13. The Balaban J connectivity index is 2.23. The molecule has 2 heteroatoms. The van der Waals surface area contributed by atoms with E-state index < -0.39 is 0 Å². The number of hydrogen-bond donors (Lipinski definition) is 1. The third kappa shape index (κ3) is 2.82. The maximum Gasteiger partial charge on any atom is 0.0433 e. The van der Waals surface area contributed by atoms with Crippen LogP contribution in [0.15, 0.2) is 24.3 Å². The molecule has 0 amide bonds. The van der Waals surface area contributed by atoms with Crippen molar-refractivity contribution in [2.75, 3.05) is 0 Å². The monoisotopic (exact) mass is 259 g/mol. The van der Waals surface area contributed by atoms with Crippen LogP contribution in [0.25, 0.3) is 0 Å². The lowest BCUT2D eigenvalue weighted by Crippen LogP contribution is -2.13. The average Bonchev–Trinajstić information content (AvgIpc) is 2.63. The van der Waals surface area contributed by atoms with E-state index in [1.807, 2.05) is 11.3 Å². The molecule has 0 fully saturated rings. The van der Waals surface area contributed by atoms with Gasteiger partial charge in [0, 0.05) is 15.8 Å². The first-order valence-corrected chi connectivity index (χ1v) is 7.17. The van der Waals surface area contributed by atoms with Gasteiger partial charge in [-0.25, -0.2) is 0 Å². The number of hydrogen-bond acceptors (Lipinski definition) is 2. The molecule has 2 rings (SSSR count). The predicted molar refractivity (Wildman–Crippen MR) is 80.3 cm³/mol. The first kappa shape index (κ1) is 13.3. The van der Waals surface area contributed by atoms with E-state index in [0.29, 0.717) is 0 Å². The second kappa shape index (κ2) is 5.25. The van der Waals surface area contributed by atoms with Crippen LogP contribution < -0.4 is 5.73 Å². The minimum absolute atomic E-state index is 0.115. The molecule has 0 radical (unpaired) electrons. The van der Waals surface area contributed by atoms with Gasteiger partial charge in [-0.1, -0.05) is 23.8 Å². The van der Waals surface area contributed by atoms with Gasteiger partial charge in [-0.2, -0.15) is 0 Å². The largest absolute Gasteiger partial charge is 0.323 e. The smallest absolute Gasteiger partial charge is 0.0433 e. The molecule has 1 aromatic carbocycles. The molecule has 2 N–H and O–H groups in total. The molecule has 0 aliphatic heterocycles. The highest BCUT2D eigenvalue weighted by atomic mass is 32.1. The van der Waals surface area contributed by atoms with Crippen molar-refractivity contribution < 1.29 is 0 Å². The predicted octanol–water partition coefficient (Wildman–Crippen LogP) is 4.22. The molecule has 2 aromatic rings. The van der Waals surface area contributed by atoms with Crippen molar-refractivity contribution in [3.8, 4) is 0 Å². The van der Waals surface area contributed by atoms with Gasteiger partial charge < -0.3 is 5.73 Å². The highest BCUT2D eigenvalue weighted by Crippen LogP contribution is 2.29. The van der Waals surface area contributed by atoms with Crippen LogP contribution in [0.5, 0.6) is 0 Å². The average molecular weight is 259 g/mol. The van der Waals surface area contributed by atoms with Crippen LogP contribution in [0.1, 0.15) is 38.0 Å². The van der Waals surface area contributed by atoms with Crippen molar-refractivity contribution in [3.05, 3.63) is 56.3 Å². The molecule has 0 saturated carbocycles. The molecule has 0 aliphatic carbocycles. The number of thiophene rings is 1. The van der Waals surface area contributed by atoms with E-state index in [-0.39, 0.29) is 6.04 Å². The summed E-state index contributed by atoms with van der Waals surface area (Å²) in [7, 11) is 0. The van der Waals surface area contributed by atoms with E-state index in [9.17, 15) is 0 Å². The zero-order valence-corrected chi connectivity index (χ0v) is 12.4. The molecular weight excluding hydrogens is 238 g/mol. The van der Waals surface area contributed by atoms with Crippen molar-refractivity contribution in [1.29, 1.82) is 0 Å². The Hall–Kier alpha value is -1.12. The van der Waals surface area contributed by atoms with Crippen LogP contribution in [0.3, 0.4) is 0 Å². The van der Waals surface area contributed by atoms with Gasteiger partial charge in [0.25, 0.3) is 0 Å². The quantitative estimate of drug-likeness (QED) is 0.877. The molecule has 1 aromatic heterocycles. The third-order valence-electron chi connectivity index (χ3n) is 3.36. The zero-order chi connectivity index (χ0) is 13.3. The second-order valence-corrected chi connectivity index (χ2v) is 6.43. The molecular formula is C16H21NS. The summed E-state index contributed by atoms with van der Waals surface area (Å²) in [6, 6.07) is 8.94. The topological polar surface area (TPSA) is 26.0 Å². The third-order valence-corrected chi connectivity index (χ3v) is 4.65. The van der Waals surface area contributed by atoms with Gasteiger partial charge in [0.2, 0.25) is 0 Å². The van der Waals surface area contributed by atoms with Gasteiger partial charge in [-0.05, 0) is 56.9 Å². The van der Waals surface area contributed by atoms with Crippen LogP contribution in [-0.2, 0) is 6.42 Å². The summed E-state index contributed by atoms with van der Waals surface area (Å²) in [5, 5.41) is 0. The van der Waals surface area contributed by atoms with Crippen molar-refractivity contribution in [3.63, 3.8) is 0 Å². The number of nitrogens with two attached hydrogens (primary N) is 1. The highest BCUT2D eigenvalue weighted by molar-refractivity contribution is 7.12. The molecule has 1 nitrogen and oxygen atoms in total. The zero-order valence-electron chi connectivity index (χ0n) is 11.6. The maximum atomic E-state index is 6.37. The second-order valence-electron chi connectivity index (χ2n) is 5.14. The summed E-state index contributed by atoms with van der Waals surface area (Å²) in [5.41, 5.74) is 11.7. The lowest BCUT2D eigenvalue weighted by atomic mass is 9.98. The minimum atomic E-state index is 0.115. The molecule has 1 atom stereocenters. The van der Waals surface area contributed by atoms with E-state index in [1.165, 1.54) is 32.0 Å². The Morgan fingerprint density at radius 3 is 2.39 bits per heavy atom. The van der Waals surface area contributed by atoms with E-state index in [4.69, 9.17) is 5.73 Å². The van der Waals surface area contributed by atoms with Crippen molar-refractivity contribution in [2.24, 2.45) is 5.73 Å². The Morgan fingerprint density at radius 1 is 1.06 bits per heavy atom. The molecule has 1 heterocycles. The van der Waals surface area contributed by atoms with Gasteiger partial charge >= 0.3 is 0 Å². The molecule has 0 spiro atoms. The summed E-state index contributed by atoms with van der Waals surface area (Å²) in [4.78, 5) is 2.67. The Morgan fingerprint density at radius 2 is 1.78 bits per heavy atom. The molecule has 0 bridgehead atoms. The normalized spacial score (nSPS) is 12.7. The Labute approximate surface area is 114 Å². The van der Waals surface area contributed by atoms with E-state index in [0.717, 1.165) is 6.42 Å². The summed E-state index contributed by atoms with van der Waals surface area (Å²) in [5.74, 6) is 0. The fourth-order valence-electron chi connectivity index (χ4n) is 2.38. The van der Waals surface area contributed by atoms with Crippen LogP contribution in [0, 0.1) is 27.7 Å². The van der Waals surface area contributed by atoms with Crippen molar-refractivity contribution >= 4 is 11.3 Å². The SMILES string of the molecule is Cc1ccc(C)c(CC(N)c2sc(C)cc2C)c1. The van der Waals surface area contributed by atoms with Gasteiger partial charge in [-0.15, -0.1) is 11.3 Å². The number of rotatable bonds is 3. The number of aryl methyl sites for hydroxylation is 4. The fourth-order valence-corrected chi connectivity index (χ4v) is 3.41. The minimum Gasteiger partial charge on any atom is -0.323 e. The first-order chi connectivity index (χ1) is 8.47. The molecule has 18 heavy (non-hydrogen) atoms. The van der Waals surface area contributed by atoms with Gasteiger partial charge in [0.15, 0.2) is 0 Å². The van der Waals surface area contributed by atoms with Crippen molar-refractivity contribution in [1.82, 2.24) is 0 Å². The summed E-state index contributed by atoms with van der Waals surface area (Å²) in [6.07, 6.45) is 0.925. The van der Waals surface area contributed by atoms with Gasteiger partial charge in [0.05, 0.1) is 0 Å². The standard InChI is InChI=1S/C16H21NS/c1-10-5-6-11(2)14(7-10)9-15(17)16-12(3)8-13(4)18-16/h5-8,15H,9,17H2,1-4H3. The summed E-state index contributed by atoms with van der Waals surface area (Å²) in [6.45, 7) is 8.59. The fraction of sp³-hybridized carbons (Fsp3) is 0.375. The van der Waals surface area contributed by atoms with Crippen LogP contribution >= 0.6 is 11.3 Å². The van der Waals surface area contributed by atoms with Gasteiger partial charge in [-0.3, -0.25) is 0 Å². The molecule has 1 unspecified atom stereocenters. The lowest BCUT2D eigenvalue weighted by molar-refractivity contribution is 0.728. The van der Waals surface area contributed by atoms with E-state index >= 15 is 0 Å². The molecule has 0 saturated heterocycles. The van der Waals surface area contributed by atoms with Crippen LogP contribution in [0.2, 0.25) is 0 Å². The van der Waals surface area contributed by atoms with E-state index in [2.05, 4.69) is 52.0 Å². The number of benzene rings is 1. The molecule has 96 valence electrons.